The first-order chi connectivity index (χ1) is 9.78. The second kappa shape index (κ2) is 5.72. The molecular weight excluding hydrogens is 254 g/mol. The summed E-state index contributed by atoms with van der Waals surface area (Å²) < 4.78 is 0. The van der Waals surface area contributed by atoms with E-state index in [2.05, 4.69) is 37.4 Å². The normalized spacial score (nSPS) is 22.6. The first kappa shape index (κ1) is 13.3. The van der Waals surface area contributed by atoms with Gasteiger partial charge in [0.05, 0.1) is 5.56 Å². The molecule has 7 nitrogen and oxygen atoms in total. The van der Waals surface area contributed by atoms with Gasteiger partial charge in [0.15, 0.2) is 0 Å². The predicted octanol–water partition coefficient (Wildman–Crippen LogP) is -0.390. The van der Waals surface area contributed by atoms with Crippen LogP contribution in [0.5, 0.6) is 0 Å². The van der Waals surface area contributed by atoms with E-state index in [0.717, 1.165) is 56.5 Å². The Balaban J connectivity index is 1.78. The predicted molar refractivity (Wildman–Crippen MR) is 79.9 cm³/mol. The number of anilines is 2. The third-order valence-corrected chi connectivity index (χ3v) is 3.82. The van der Waals surface area contributed by atoms with Crippen LogP contribution in [0, 0.1) is 5.41 Å². The lowest BCUT2D eigenvalue weighted by atomic mass is 10.2. The maximum atomic E-state index is 7.69. The maximum Gasteiger partial charge on any atom is 0.143 e. The van der Waals surface area contributed by atoms with Crippen LogP contribution >= 0.6 is 0 Å². The summed E-state index contributed by atoms with van der Waals surface area (Å²) in [4.78, 5) is 13.2. The zero-order valence-electron chi connectivity index (χ0n) is 11.8. The Kier molecular flexibility index (Phi) is 3.79. The van der Waals surface area contributed by atoms with E-state index in [0.29, 0.717) is 6.04 Å². The lowest BCUT2D eigenvalue weighted by Crippen LogP contribution is -2.45. The van der Waals surface area contributed by atoms with Crippen LogP contribution in [0.3, 0.4) is 0 Å². The Labute approximate surface area is 118 Å². The van der Waals surface area contributed by atoms with Crippen LogP contribution in [-0.2, 0) is 0 Å². The van der Waals surface area contributed by atoms with Gasteiger partial charge in [0.25, 0.3) is 0 Å². The van der Waals surface area contributed by atoms with Crippen molar-refractivity contribution in [2.24, 2.45) is 0 Å². The fourth-order valence-electron chi connectivity index (χ4n) is 2.38. The van der Waals surface area contributed by atoms with E-state index in [1.807, 2.05) is 0 Å². The number of aromatic nitrogens is 2. The lowest BCUT2D eigenvalue weighted by Gasteiger charge is -2.34. The number of nitrogens with zero attached hydrogens (tertiary/aromatic N) is 4. The van der Waals surface area contributed by atoms with E-state index >= 15 is 0 Å². The summed E-state index contributed by atoms with van der Waals surface area (Å²) in [5.74, 6) is 1.63. The molecule has 3 rings (SSSR count). The molecule has 0 radical (unpaired) electrons. The van der Waals surface area contributed by atoms with Gasteiger partial charge in [-0.2, -0.15) is 0 Å². The summed E-state index contributed by atoms with van der Waals surface area (Å²) in [5.41, 5.74) is 0.790. The molecule has 1 atom stereocenters. The number of likely N-dealkylation sites (N-methyl/N-ethyl adjacent to an activating group) is 1. The van der Waals surface area contributed by atoms with Gasteiger partial charge in [-0.1, -0.05) is 0 Å². The average molecular weight is 275 g/mol. The number of piperazine rings is 1. The largest absolute Gasteiger partial charge is 0.368 e. The summed E-state index contributed by atoms with van der Waals surface area (Å²) in [6.07, 6.45) is 2.94. The molecule has 0 aliphatic carbocycles. The molecule has 0 amide bonds. The second-order valence-electron chi connectivity index (χ2n) is 5.38. The van der Waals surface area contributed by atoms with Crippen molar-refractivity contribution in [2.45, 2.75) is 6.04 Å². The molecule has 20 heavy (non-hydrogen) atoms. The minimum atomic E-state index is 0.538. The Morgan fingerprint density at radius 3 is 2.80 bits per heavy atom. The molecule has 1 unspecified atom stereocenters. The summed E-state index contributed by atoms with van der Waals surface area (Å²) >= 11 is 0. The van der Waals surface area contributed by atoms with Gasteiger partial charge in [-0.3, -0.25) is 0 Å². The molecule has 1 aromatic rings. The zero-order chi connectivity index (χ0) is 13.9. The van der Waals surface area contributed by atoms with Crippen molar-refractivity contribution >= 4 is 17.9 Å². The van der Waals surface area contributed by atoms with E-state index in [9.17, 15) is 0 Å². The third-order valence-electron chi connectivity index (χ3n) is 3.82. The van der Waals surface area contributed by atoms with Crippen LogP contribution < -0.4 is 15.5 Å². The topological polar surface area (TPSA) is 90.1 Å². The van der Waals surface area contributed by atoms with E-state index in [1.54, 1.807) is 6.33 Å². The standard InChI is InChI=1S/C13H21N7/c1-19-2-4-20(5-3-19)13-11(6-14)12(17-9-18-13)16-8-10-7-15-10/h6,9-10,14-15H,2-5,7-8H2,1H3,(H,16,17,18). The Hall–Kier alpha value is -1.73. The first-order valence-corrected chi connectivity index (χ1v) is 7.04. The summed E-state index contributed by atoms with van der Waals surface area (Å²) in [6.45, 7) is 5.84. The highest BCUT2D eigenvalue weighted by atomic mass is 15.3. The van der Waals surface area contributed by atoms with Gasteiger partial charge in [0, 0.05) is 51.5 Å². The maximum absolute atomic E-state index is 7.69. The fraction of sp³-hybridized carbons (Fsp3) is 0.615. The minimum Gasteiger partial charge on any atom is -0.368 e. The highest BCUT2D eigenvalue weighted by molar-refractivity contribution is 5.91. The number of nitrogens with one attached hydrogen (secondary N) is 3. The molecule has 7 heteroatoms. The Morgan fingerprint density at radius 1 is 1.40 bits per heavy atom. The van der Waals surface area contributed by atoms with Gasteiger partial charge in [-0.05, 0) is 7.05 Å². The number of hydrogen-bond acceptors (Lipinski definition) is 7. The number of hydrogen-bond donors (Lipinski definition) is 3. The van der Waals surface area contributed by atoms with Crippen molar-refractivity contribution in [1.82, 2.24) is 20.2 Å². The van der Waals surface area contributed by atoms with E-state index in [1.165, 1.54) is 6.21 Å². The van der Waals surface area contributed by atoms with E-state index in [4.69, 9.17) is 5.41 Å². The summed E-state index contributed by atoms with van der Waals surface area (Å²) in [7, 11) is 2.13. The molecule has 2 fully saturated rings. The summed E-state index contributed by atoms with van der Waals surface area (Å²) in [5, 5.41) is 14.2. The molecule has 2 aliphatic rings. The molecule has 108 valence electrons. The van der Waals surface area contributed by atoms with Gasteiger partial charge >= 0.3 is 0 Å². The molecule has 0 bridgehead atoms. The van der Waals surface area contributed by atoms with E-state index < -0.39 is 0 Å². The van der Waals surface area contributed by atoms with Gasteiger partial charge in [0.2, 0.25) is 0 Å². The van der Waals surface area contributed by atoms with Crippen LogP contribution in [0.1, 0.15) is 5.56 Å². The average Bonchev–Trinajstić information content (AvgIpc) is 3.29. The molecular formula is C13H21N7. The molecule has 0 aromatic carbocycles. The van der Waals surface area contributed by atoms with Crippen molar-refractivity contribution < 1.29 is 0 Å². The molecule has 0 spiro atoms. The van der Waals surface area contributed by atoms with Gasteiger partial charge < -0.3 is 25.8 Å². The zero-order valence-corrected chi connectivity index (χ0v) is 11.8. The molecule has 3 heterocycles. The third kappa shape index (κ3) is 2.88. The first-order valence-electron chi connectivity index (χ1n) is 7.04. The van der Waals surface area contributed by atoms with Crippen LogP contribution in [0.25, 0.3) is 0 Å². The van der Waals surface area contributed by atoms with Gasteiger partial charge in [-0.25, -0.2) is 9.97 Å². The van der Waals surface area contributed by atoms with Crippen LogP contribution in [0.4, 0.5) is 11.6 Å². The molecule has 0 saturated carbocycles. The van der Waals surface area contributed by atoms with E-state index in [-0.39, 0.29) is 0 Å². The van der Waals surface area contributed by atoms with Crippen LogP contribution in [0.2, 0.25) is 0 Å². The molecule has 2 saturated heterocycles. The van der Waals surface area contributed by atoms with Crippen molar-refractivity contribution in [2.75, 3.05) is 56.5 Å². The highest BCUT2D eigenvalue weighted by Crippen LogP contribution is 2.22. The van der Waals surface area contributed by atoms with Crippen LogP contribution in [0.15, 0.2) is 6.33 Å². The lowest BCUT2D eigenvalue weighted by molar-refractivity contribution is 0.312. The van der Waals surface area contributed by atoms with Gasteiger partial charge in [-0.15, -0.1) is 0 Å². The minimum absolute atomic E-state index is 0.538. The monoisotopic (exact) mass is 275 g/mol. The summed E-state index contributed by atoms with van der Waals surface area (Å²) in [6, 6.07) is 0.538. The van der Waals surface area contributed by atoms with Crippen LogP contribution in [-0.4, -0.2) is 73.4 Å². The molecule has 3 N–H and O–H groups in total. The fourth-order valence-corrected chi connectivity index (χ4v) is 2.38. The Morgan fingerprint density at radius 2 is 2.15 bits per heavy atom. The Bertz CT molecular complexity index is 478. The van der Waals surface area contributed by atoms with Crippen molar-refractivity contribution in [1.29, 1.82) is 5.41 Å². The number of rotatable bonds is 5. The quantitative estimate of drug-likeness (QED) is 0.501. The van der Waals surface area contributed by atoms with Crippen molar-refractivity contribution in [3.63, 3.8) is 0 Å². The second-order valence-corrected chi connectivity index (χ2v) is 5.38. The van der Waals surface area contributed by atoms with Crippen molar-refractivity contribution in [3.8, 4) is 0 Å². The van der Waals surface area contributed by atoms with Crippen molar-refractivity contribution in [3.05, 3.63) is 11.9 Å². The SMILES string of the molecule is CN1CCN(c2ncnc(NCC3CN3)c2C=N)CC1. The van der Waals surface area contributed by atoms with Gasteiger partial charge in [0.1, 0.15) is 18.0 Å². The molecule has 2 aliphatic heterocycles. The smallest absolute Gasteiger partial charge is 0.143 e. The molecule has 1 aromatic heterocycles. The highest BCUT2D eigenvalue weighted by Gasteiger charge is 2.22.